The van der Waals surface area contributed by atoms with Gasteiger partial charge in [0, 0.05) is 17.2 Å². The maximum atomic E-state index is 10.9. The van der Waals surface area contributed by atoms with Crippen molar-refractivity contribution in [3.63, 3.8) is 0 Å². The lowest BCUT2D eigenvalue weighted by Gasteiger charge is -2.08. The minimum absolute atomic E-state index is 0.00394. The smallest absolute Gasteiger partial charge is 0.311 e. The molecule has 0 atom stereocenters. The van der Waals surface area contributed by atoms with Gasteiger partial charge in [-0.1, -0.05) is 34.8 Å². The Balaban J connectivity index is 2.47. The van der Waals surface area contributed by atoms with E-state index in [-0.39, 0.29) is 38.2 Å². The molecule has 0 aliphatic rings. The van der Waals surface area contributed by atoms with Crippen LogP contribution in [-0.4, -0.2) is 9.91 Å². The van der Waals surface area contributed by atoms with Gasteiger partial charge in [-0.05, 0) is 12.1 Å². The highest BCUT2D eigenvalue weighted by atomic mass is 35.5. The number of nitrogens with zero attached hydrogens (tertiary/aromatic N) is 2. The van der Waals surface area contributed by atoms with Crippen LogP contribution < -0.4 is 10.5 Å². The fourth-order valence-electron chi connectivity index (χ4n) is 1.36. The molecule has 0 radical (unpaired) electrons. The molecule has 6 nitrogen and oxygen atoms in total. The van der Waals surface area contributed by atoms with E-state index in [0.29, 0.717) is 0 Å². The lowest BCUT2D eigenvalue weighted by Crippen LogP contribution is -1.98. The van der Waals surface area contributed by atoms with Crippen molar-refractivity contribution in [1.82, 2.24) is 4.98 Å². The predicted octanol–water partition coefficient (Wildman–Crippen LogP) is 4.32. The SMILES string of the molecule is Nc1nc(Oc2cc(Cl)ccc2[N+](=O)[O-])c(Cl)cc1Cl. The fraction of sp³-hybridized carbons (Fsp3) is 0. The molecule has 20 heavy (non-hydrogen) atoms. The van der Waals surface area contributed by atoms with Crippen molar-refractivity contribution in [2.24, 2.45) is 0 Å². The van der Waals surface area contributed by atoms with Gasteiger partial charge in [-0.15, -0.1) is 0 Å². The lowest BCUT2D eigenvalue weighted by molar-refractivity contribution is -0.385. The van der Waals surface area contributed by atoms with E-state index >= 15 is 0 Å². The van der Waals surface area contributed by atoms with Crippen LogP contribution in [0.3, 0.4) is 0 Å². The highest BCUT2D eigenvalue weighted by Gasteiger charge is 2.18. The largest absolute Gasteiger partial charge is 0.430 e. The summed E-state index contributed by atoms with van der Waals surface area (Å²) in [5, 5.41) is 11.4. The summed E-state index contributed by atoms with van der Waals surface area (Å²) in [5.74, 6) is -0.201. The standard InChI is InChI=1S/C11H6Cl3N3O3/c12-5-1-2-8(17(18)19)9(3-5)20-11-7(14)4-6(13)10(15)16-11/h1-4H,(H2,15,16). The Kier molecular flexibility index (Phi) is 4.17. The molecule has 0 amide bonds. The normalized spacial score (nSPS) is 10.3. The monoisotopic (exact) mass is 333 g/mol. The summed E-state index contributed by atoms with van der Waals surface area (Å²) >= 11 is 17.4. The van der Waals surface area contributed by atoms with Gasteiger partial charge in [-0.2, -0.15) is 4.98 Å². The van der Waals surface area contributed by atoms with Gasteiger partial charge in [-0.25, -0.2) is 0 Å². The van der Waals surface area contributed by atoms with E-state index in [0.717, 1.165) is 0 Å². The Hall–Kier alpha value is -1.76. The topological polar surface area (TPSA) is 91.3 Å². The first-order chi connectivity index (χ1) is 9.38. The number of hydrogen-bond donors (Lipinski definition) is 1. The van der Waals surface area contributed by atoms with E-state index in [1.165, 1.54) is 24.3 Å². The lowest BCUT2D eigenvalue weighted by atomic mass is 10.3. The molecular formula is C11H6Cl3N3O3. The number of rotatable bonds is 3. The third-order valence-corrected chi connectivity index (χ3v) is 3.06. The average Bonchev–Trinajstić information content (AvgIpc) is 2.35. The molecule has 0 unspecified atom stereocenters. The molecule has 1 heterocycles. The quantitative estimate of drug-likeness (QED) is 0.666. The zero-order valence-corrected chi connectivity index (χ0v) is 11.9. The van der Waals surface area contributed by atoms with Gasteiger partial charge in [0.2, 0.25) is 11.6 Å². The van der Waals surface area contributed by atoms with Crippen LogP contribution in [0.1, 0.15) is 0 Å². The van der Waals surface area contributed by atoms with Gasteiger partial charge in [0.1, 0.15) is 10.8 Å². The molecule has 104 valence electrons. The first-order valence-corrected chi connectivity index (χ1v) is 6.25. The van der Waals surface area contributed by atoms with Gasteiger partial charge in [0.05, 0.1) is 9.95 Å². The molecule has 0 spiro atoms. The summed E-state index contributed by atoms with van der Waals surface area (Å²) in [6, 6.07) is 5.20. The predicted molar refractivity (Wildman–Crippen MR) is 76.8 cm³/mol. The van der Waals surface area contributed by atoms with Crippen LogP contribution in [0.4, 0.5) is 11.5 Å². The van der Waals surface area contributed by atoms with Crippen LogP contribution in [0.2, 0.25) is 15.1 Å². The van der Waals surface area contributed by atoms with Gasteiger partial charge < -0.3 is 10.5 Å². The molecule has 0 aliphatic heterocycles. The average molecular weight is 335 g/mol. The number of hydrogen-bond acceptors (Lipinski definition) is 5. The molecular weight excluding hydrogens is 328 g/mol. The van der Waals surface area contributed by atoms with E-state index in [9.17, 15) is 10.1 Å². The third-order valence-electron chi connectivity index (χ3n) is 2.25. The number of nitrogens with two attached hydrogens (primary N) is 1. The molecule has 9 heteroatoms. The molecule has 1 aromatic carbocycles. The Labute approximate surface area is 128 Å². The summed E-state index contributed by atoms with van der Waals surface area (Å²) in [4.78, 5) is 14.1. The Morgan fingerprint density at radius 3 is 2.55 bits per heavy atom. The highest BCUT2D eigenvalue weighted by molar-refractivity contribution is 6.36. The van der Waals surface area contributed by atoms with E-state index < -0.39 is 4.92 Å². The minimum atomic E-state index is -0.612. The Morgan fingerprint density at radius 2 is 1.90 bits per heavy atom. The molecule has 1 aromatic heterocycles. The first kappa shape index (κ1) is 14.6. The zero-order chi connectivity index (χ0) is 14.9. The maximum Gasteiger partial charge on any atom is 0.311 e. The first-order valence-electron chi connectivity index (χ1n) is 5.12. The summed E-state index contributed by atoms with van der Waals surface area (Å²) in [5.41, 5.74) is 5.25. The number of nitro benzene ring substituents is 1. The van der Waals surface area contributed by atoms with Crippen molar-refractivity contribution < 1.29 is 9.66 Å². The van der Waals surface area contributed by atoms with Gasteiger partial charge in [-0.3, -0.25) is 10.1 Å². The molecule has 2 N–H and O–H groups in total. The van der Waals surface area contributed by atoms with E-state index in [1.54, 1.807) is 0 Å². The van der Waals surface area contributed by atoms with Crippen LogP contribution in [0.5, 0.6) is 11.6 Å². The van der Waals surface area contributed by atoms with E-state index in [2.05, 4.69) is 4.98 Å². The molecule has 0 fully saturated rings. The summed E-state index contributed by atoms with van der Waals surface area (Å²) in [6.07, 6.45) is 0. The van der Waals surface area contributed by atoms with Gasteiger partial charge in [0.25, 0.3) is 0 Å². The van der Waals surface area contributed by atoms with Crippen molar-refractivity contribution in [2.45, 2.75) is 0 Å². The molecule has 0 saturated heterocycles. The van der Waals surface area contributed by atoms with Crippen molar-refractivity contribution in [1.29, 1.82) is 0 Å². The number of aromatic nitrogens is 1. The molecule has 2 rings (SSSR count). The van der Waals surface area contributed by atoms with Crippen molar-refractivity contribution >= 4 is 46.3 Å². The summed E-state index contributed by atoms with van der Waals surface area (Å²) < 4.78 is 5.31. The number of benzene rings is 1. The van der Waals surface area contributed by atoms with Crippen LogP contribution in [-0.2, 0) is 0 Å². The fourth-order valence-corrected chi connectivity index (χ4v) is 1.92. The zero-order valence-electron chi connectivity index (χ0n) is 9.64. The second-order valence-corrected chi connectivity index (χ2v) is 4.86. The summed E-state index contributed by atoms with van der Waals surface area (Å²) in [6.45, 7) is 0. The number of halogens is 3. The second-order valence-electron chi connectivity index (χ2n) is 3.61. The van der Waals surface area contributed by atoms with Crippen molar-refractivity contribution in [3.05, 3.63) is 49.4 Å². The molecule has 0 bridgehead atoms. The van der Waals surface area contributed by atoms with Crippen molar-refractivity contribution in [2.75, 3.05) is 5.73 Å². The number of anilines is 1. The Bertz CT molecular complexity index is 694. The summed E-state index contributed by atoms with van der Waals surface area (Å²) in [7, 11) is 0. The highest BCUT2D eigenvalue weighted by Crippen LogP contribution is 2.37. The minimum Gasteiger partial charge on any atom is -0.430 e. The maximum absolute atomic E-state index is 10.9. The molecule has 2 aromatic rings. The van der Waals surface area contributed by atoms with Gasteiger partial charge in [0.15, 0.2) is 0 Å². The van der Waals surface area contributed by atoms with E-state index in [1.807, 2.05) is 0 Å². The van der Waals surface area contributed by atoms with Crippen LogP contribution >= 0.6 is 34.8 Å². The van der Waals surface area contributed by atoms with Crippen LogP contribution in [0.15, 0.2) is 24.3 Å². The molecule has 0 aliphatic carbocycles. The van der Waals surface area contributed by atoms with Crippen LogP contribution in [0, 0.1) is 10.1 Å². The number of nitro groups is 1. The third kappa shape index (κ3) is 3.04. The van der Waals surface area contributed by atoms with Crippen molar-refractivity contribution in [3.8, 4) is 11.6 Å². The molecule has 0 saturated carbocycles. The second kappa shape index (κ2) is 5.70. The van der Waals surface area contributed by atoms with Gasteiger partial charge >= 0.3 is 5.69 Å². The number of nitrogen functional groups attached to an aromatic ring is 1. The number of ether oxygens (including phenoxy) is 1. The van der Waals surface area contributed by atoms with E-state index in [4.69, 9.17) is 45.3 Å². The number of pyridine rings is 1. The Morgan fingerprint density at radius 1 is 1.20 bits per heavy atom. The van der Waals surface area contributed by atoms with Crippen LogP contribution in [0.25, 0.3) is 0 Å².